The zero-order chi connectivity index (χ0) is 16.9. The third-order valence-corrected chi connectivity index (χ3v) is 4.77. The maximum Gasteiger partial charge on any atom is 0.230 e. The molecule has 128 valence electrons. The summed E-state index contributed by atoms with van der Waals surface area (Å²) in [7, 11) is 1.64. The maximum absolute atomic E-state index is 12.0. The molecule has 0 saturated heterocycles. The molecule has 0 radical (unpaired) electrons. The van der Waals surface area contributed by atoms with Crippen LogP contribution in [0.1, 0.15) is 24.4 Å². The van der Waals surface area contributed by atoms with Crippen molar-refractivity contribution < 1.29 is 9.53 Å². The Morgan fingerprint density at radius 3 is 2.79 bits per heavy atom. The number of nitrogens with zero attached hydrogens (tertiary/aromatic N) is 3. The second kappa shape index (κ2) is 7.57. The molecule has 0 bridgehead atoms. The lowest BCUT2D eigenvalue weighted by molar-refractivity contribution is -0.118. The molecule has 1 amide bonds. The van der Waals surface area contributed by atoms with Crippen molar-refractivity contribution >= 4 is 23.6 Å². The molecule has 1 aliphatic rings. The molecule has 2 aromatic rings. The summed E-state index contributed by atoms with van der Waals surface area (Å²) in [6, 6.07) is 8.24. The van der Waals surface area contributed by atoms with Crippen molar-refractivity contribution in [1.29, 1.82) is 0 Å². The number of rotatable bonds is 8. The Labute approximate surface area is 145 Å². The summed E-state index contributed by atoms with van der Waals surface area (Å²) in [5.41, 5.74) is 6.98. The van der Waals surface area contributed by atoms with Crippen molar-refractivity contribution in [1.82, 2.24) is 20.1 Å². The Bertz CT molecular complexity index is 697. The highest BCUT2D eigenvalue weighted by Crippen LogP contribution is 2.39. The fourth-order valence-corrected chi connectivity index (χ4v) is 3.22. The number of thioether (sulfide) groups is 1. The van der Waals surface area contributed by atoms with Gasteiger partial charge in [0.25, 0.3) is 0 Å². The summed E-state index contributed by atoms with van der Waals surface area (Å²) < 4.78 is 7.05. The van der Waals surface area contributed by atoms with Crippen LogP contribution in [0.2, 0.25) is 0 Å². The van der Waals surface area contributed by atoms with Crippen molar-refractivity contribution in [2.75, 3.05) is 25.1 Å². The number of hydrogen-bond donors (Lipinski definition) is 2. The van der Waals surface area contributed by atoms with Crippen molar-refractivity contribution in [3.05, 3.63) is 29.8 Å². The van der Waals surface area contributed by atoms with Gasteiger partial charge in [0, 0.05) is 12.6 Å². The van der Waals surface area contributed by atoms with Gasteiger partial charge >= 0.3 is 0 Å². The molecule has 1 fully saturated rings. The van der Waals surface area contributed by atoms with E-state index in [0.717, 1.165) is 35.7 Å². The smallest absolute Gasteiger partial charge is 0.230 e. The minimum Gasteiger partial charge on any atom is -0.497 e. The predicted molar refractivity (Wildman–Crippen MR) is 93.1 cm³/mol. The van der Waals surface area contributed by atoms with Crippen molar-refractivity contribution in [3.8, 4) is 5.75 Å². The number of nitrogens with one attached hydrogen (secondary N) is 1. The Morgan fingerprint density at radius 1 is 1.38 bits per heavy atom. The number of carbonyl (C=O) groups is 1. The minimum absolute atomic E-state index is 0.0163. The number of methoxy groups -OCH3 is 1. The number of carbonyl (C=O) groups excluding carboxylic acids is 1. The van der Waals surface area contributed by atoms with Crippen LogP contribution in [0.3, 0.4) is 0 Å². The number of nitrogens with two attached hydrogens (primary N) is 1. The van der Waals surface area contributed by atoms with E-state index in [1.807, 2.05) is 28.8 Å². The molecule has 0 unspecified atom stereocenters. The quantitative estimate of drug-likeness (QED) is 0.705. The van der Waals surface area contributed by atoms with E-state index in [1.54, 1.807) is 7.11 Å². The summed E-state index contributed by atoms with van der Waals surface area (Å²) in [5.74, 6) is 1.56. The van der Waals surface area contributed by atoms with Gasteiger partial charge in [0.05, 0.1) is 12.9 Å². The number of aromatic nitrogens is 3. The SMILES string of the molecule is COc1ccc(CCNC(=O)CSc2nnc(N)n2C2CC2)cc1. The molecule has 1 aliphatic carbocycles. The van der Waals surface area contributed by atoms with Crippen LogP contribution in [0.25, 0.3) is 0 Å². The van der Waals surface area contributed by atoms with Crippen molar-refractivity contribution in [2.24, 2.45) is 0 Å². The lowest BCUT2D eigenvalue weighted by Crippen LogP contribution is -2.27. The first-order valence-electron chi connectivity index (χ1n) is 7.90. The molecule has 1 saturated carbocycles. The molecule has 0 atom stereocenters. The van der Waals surface area contributed by atoms with Gasteiger partial charge in [-0.2, -0.15) is 0 Å². The van der Waals surface area contributed by atoms with E-state index >= 15 is 0 Å². The van der Waals surface area contributed by atoms with Crippen LogP contribution in [0, 0.1) is 0 Å². The fourth-order valence-electron chi connectivity index (χ4n) is 2.38. The van der Waals surface area contributed by atoms with Crippen molar-refractivity contribution in [2.45, 2.75) is 30.5 Å². The van der Waals surface area contributed by atoms with Gasteiger partial charge in [0.2, 0.25) is 11.9 Å². The van der Waals surface area contributed by atoms with E-state index in [2.05, 4.69) is 15.5 Å². The first-order chi connectivity index (χ1) is 11.7. The average molecular weight is 347 g/mol. The molecule has 3 N–H and O–H groups in total. The molecular formula is C16H21N5O2S. The van der Waals surface area contributed by atoms with Gasteiger partial charge in [-0.3, -0.25) is 9.36 Å². The third kappa shape index (κ3) is 4.19. The Kier molecular flexibility index (Phi) is 5.24. The summed E-state index contributed by atoms with van der Waals surface area (Å²) in [6.07, 6.45) is 2.99. The lowest BCUT2D eigenvalue weighted by Gasteiger charge is -2.07. The monoisotopic (exact) mass is 347 g/mol. The van der Waals surface area contributed by atoms with Gasteiger partial charge in [0.15, 0.2) is 5.16 Å². The molecule has 1 heterocycles. The Balaban J connectivity index is 1.41. The first kappa shape index (κ1) is 16.6. The third-order valence-electron chi connectivity index (χ3n) is 3.83. The first-order valence-corrected chi connectivity index (χ1v) is 8.88. The molecule has 0 aliphatic heterocycles. The molecule has 24 heavy (non-hydrogen) atoms. The minimum atomic E-state index is -0.0163. The van der Waals surface area contributed by atoms with E-state index in [4.69, 9.17) is 10.5 Å². The number of amides is 1. The number of ether oxygens (including phenoxy) is 1. The summed E-state index contributed by atoms with van der Waals surface area (Å²) in [5, 5.41) is 11.6. The number of hydrogen-bond acceptors (Lipinski definition) is 6. The maximum atomic E-state index is 12.0. The van der Waals surface area contributed by atoms with Crippen LogP contribution >= 0.6 is 11.8 Å². The van der Waals surface area contributed by atoms with Gasteiger partial charge in [0.1, 0.15) is 5.75 Å². The van der Waals surface area contributed by atoms with E-state index < -0.39 is 0 Å². The highest BCUT2D eigenvalue weighted by molar-refractivity contribution is 7.99. The Hall–Kier alpha value is -2.22. The van der Waals surface area contributed by atoms with Crippen LogP contribution < -0.4 is 15.8 Å². The number of nitrogen functional groups attached to an aromatic ring is 1. The Morgan fingerprint density at radius 2 is 2.12 bits per heavy atom. The fraction of sp³-hybridized carbons (Fsp3) is 0.438. The summed E-state index contributed by atoms with van der Waals surface area (Å²) >= 11 is 1.38. The van der Waals surface area contributed by atoms with Crippen molar-refractivity contribution in [3.63, 3.8) is 0 Å². The zero-order valence-corrected chi connectivity index (χ0v) is 14.4. The van der Waals surface area contributed by atoms with Gasteiger partial charge in [-0.25, -0.2) is 0 Å². The molecule has 1 aromatic heterocycles. The molecule has 3 rings (SSSR count). The second-order valence-electron chi connectivity index (χ2n) is 5.68. The largest absolute Gasteiger partial charge is 0.497 e. The lowest BCUT2D eigenvalue weighted by atomic mass is 10.1. The van der Waals surface area contributed by atoms with E-state index in [9.17, 15) is 4.79 Å². The highest BCUT2D eigenvalue weighted by atomic mass is 32.2. The molecule has 1 aromatic carbocycles. The van der Waals surface area contributed by atoms with Crippen LogP contribution in [0.4, 0.5) is 5.95 Å². The van der Waals surface area contributed by atoms with Crippen LogP contribution in [-0.2, 0) is 11.2 Å². The van der Waals surface area contributed by atoms with E-state index in [0.29, 0.717) is 24.3 Å². The van der Waals surface area contributed by atoms with E-state index in [1.165, 1.54) is 11.8 Å². The molecule has 7 nitrogen and oxygen atoms in total. The van der Waals surface area contributed by atoms with Gasteiger partial charge in [-0.15, -0.1) is 10.2 Å². The van der Waals surface area contributed by atoms with Gasteiger partial charge < -0.3 is 15.8 Å². The van der Waals surface area contributed by atoms with Crippen LogP contribution in [0.5, 0.6) is 5.75 Å². The molecular weight excluding hydrogens is 326 g/mol. The topological polar surface area (TPSA) is 95.1 Å². The number of anilines is 1. The number of benzene rings is 1. The van der Waals surface area contributed by atoms with Gasteiger partial charge in [-0.05, 0) is 37.0 Å². The normalized spacial score (nSPS) is 13.7. The van der Waals surface area contributed by atoms with E-state index in [-0.39, 0.29) is 5.91 Å². The highest BCUT2D eigenvalue weighted by Gasteiger charge is 2.29. The molecule has 0 spiro atoms. The average Bonchev–Trinajstić information content (AvgIpc) is 3.36. The predicted octanol–water partition coefficient (Wildman–Crippen LogP) is 1.65. The standard InChI is InChI=1S/C16H21N5O2S/c1-23-13-6-2-11(3-7-13)8-9-18-14(22)10-24-16-20-19-15(17)21(16)12-4-5-12/h2-3,6-7,12H,4-5,8-10H2,1H3,(H2,17,19)(H,18,22). The molecule has 8 heteroatoms. The van der Waals surface area contributed by atoms with Gasteiger partial charge in [-0.1, -0.05) is 23.9 Å². The van der Waals surface area contributed by atoms with Crippen LogP contribution in [-0.4, -0.2) is 40.1 Å². The summed E-state index contributed by atoms with van der Waals surface area (Å²) in [6.45, 7) is 0.600. The second-order valence-corrected chi connectivity index (χ2v) is 6.62. The zero-order valence-electron chi connectivity index (χ0n) is 13.6. The van der Waals surface area contributed by atoms with Crippen LogP contribution in [0.15, 0.2) is 29.4 Å². The summed E-state index contributed by atoms with van der Waals surface area (Å²) in [4.78, 5) is 12.0.